The summed E-state index contributed by atoms with van der Waals surface area (Å²) in [5.41, 5.74) is 0. The third-order valence-corrected chi connectivity index (χ3v) is 4.07. The van der Waals surface area contributed by atoms with Crippen LogP contribution in [-0.4, -0.2) is 256 Å². The Kier molecular flexibility index (Phi) is 42.3. The van der Waals surface area contributed by atoms with Crippen LogP contribution in [0.5, 0.6) is 0 Å². The SMILES string of the molecule is O=S(=O)(O)O.O=S(=O)(O)O.O=S(=O)(O)O.O=S(=O)(O)O.O=S(=O)(O)O.O=S(=O)(O)O.O=S(=O)(O)O.O=S(=O)(O)O.OC[C@H]1O[C@@](CO)(O[C@H]2O[C@H](CO)[C@@H](O)[C@H](O)[C@H]2O)[C@@H](O)[C@@H]1O.[Ag]. The summed E-state index contributed by atoms with van der Waals surface area (Å²) in [6.45, 7) is -2.32. The van der Waals surface area contributed by atoms with Gasteiger partial charge in [0.15, 0.2) is 6.29 Å². The Morgan fingerprint density at radius 3 is 0.766 bits per heavy atom. The fourth-order valence-electron chi connectivity index (χ4n) is 2.63. The van der Waals surface area contributed by atoms with Gasteiger partial charge in [-0.25, -0.2) is 0 Å². The van der Waals surface area contributed by atoms with Crippen molar-refractivity contribution in [3.05, 3.63) is 0 Å². The summed E-state index contributed by atoms with van der Waals surface area (Å²) in [4.78, 5) is 0. The van der Waals surface area contributed by atoms with Crippen LogP contribution in [0, 0.1) is 0 Å². The molecule has 2 aliphatic rings. The van der Waals surface area contributed by atoms with E-state index in [0.29, 0.717) is 0 Å². The van der Waals surface area contributed by atoms with Crippen LogP contribution in [0.4, 0.5) is 0 Å². The van der Waals surface area contributed by atoms with Crippen LogP contribution in [0.15, 0.2) is 0 Å². The van der Waals surface area contributed by atoms with Gasteiger partial charge in [0, 0.05) is 22.4 Å². The molecule has 2 heterocycles. The van der Waals surface area contributed by atoms with Gasteiger partial charge in [0.1, 0.15) is 49.3 Å². The van der Waals surface area contributed by atoms with E-state index in [0.717, 1.165) is 0 Å². The van der Waals surface area contributed by atoms with Gasteiger partial charge < -0.3 is 55.1 Å². The summed E-state index contributed by atoms with van der Waals surface area (Å²) in [5.74, 6) is -2.22. The van der Waals surface area contributed by atoms with Crippen LogP contribution in [-0.2, 0) is 120 Å². The first-order valence-electron chi connectivity index (χ1n) is 12.6. The number of ether oxygens (including phenoxy) is 3. The maximum Gasteiger partial charge on any atom is 0.394 e. The molecule has 2 saturated heterocycles. The minimum atomic E-state index is -4.67. The molecule has 43 nitrogen and oxygen atoms in total. The Morgan fingerprint density at radius 2 is 0.594 bits per heavy atom. The number of hydrogen-bond acceptors (Lipinski definition) is 27. The summed E-state index contributed by atoms with van der Waals surface area (Å²) < 4.78 is 268. The Hall–Kier alpha value is -0.740. The molecule has 2 aliphatic heterocycles. The van der Waals surface area contributed by atoms with E-state index in [9.17, 15) is 30.6 Å². The van der Waals surface area contributed by atoms with Crippen LogP contribution in [0.25, 0.3) is 0 Å². The van der Waals surface area contributed by atoms with Crippen LogP contribution >= 0.6 is 0 Å². The predicted molar refractivity (Wildman–Crippen MR) is 182 cm³/mol. The van der Waals surface area contributed by atoms with Gasteiger partial charge in [-0.15, -0.1) is 0 Å². The largest absolute Gasteiger partial charge is 0.394 e. The molecule has 0 spiro atoms. The van der Waals surface area contributed by atoms with E-state index in [1.807, 2.05) is 0 Å². The van der Waals surface area contributed by atoms with Crippen LogP contribution in [0.3, 0.4) is 0 Å². The second-order valence-corrected chi connectivity index (χ2v) is 16.3. The van der Waals surface area contributed by atoms with Gasteiger partial charge in [-0.05, 0) is 0 Å². The van der Waals surface area contributed by atoms with Crippen molar-refractivity contribution in [2.24, 2.45) is 0 Å². The molecule has 24 N–H and O–H groups in total. The average Bonchev–Trinajstić information content (AvgIpc) is 3.15. The number of aliphatic hydroxyl groups is 8. The third-order valence-electron chi connectivity index (χ3n) is 4.07. The van der Waals surface area contributed by atoms with Crippen molar-refractivity contribution in [1.82, 2.24) is 0 Å². The molecule has 0 aromatic heterocycles. The molecular formula is C12H38AgO43S8. The summed E-state index contributed by atoms with van der Waals surface area (Å²) in [6.07, 6.45) is -12.7. The van der Waals surface area contributed by atoms with Crippen molar-refractivity contribution < 1.29 is 218 Å². The van der Waals surface area contributed by atoms with E-state index in [2.05, 4.69) is 0 Å². The van der Waals surface area contributed by atoms with Gasteiger partial charge in [0.25, 0.3) is 0 Å². The average molecular weight is 1230 g/mol. The van der Waals surface area contributed by atoms with Crippen molar-refractivity contribution in [3.8, 4) is 0 Å². The van der Waals surface area contributed by atoms with E-state index in [1.165, 1.54) is 0 Å². The molecule has 0 bridgehead atoms. The molecule has 0 aromatic rings. The monoisotopic (exact) mass is 1230 g/mol. The van der Waals surface area contributed by atoms with Crippen LogP contribution in [0.1, 0.15) is 0 Å². The van der Waals surface area contributed by atoms with Crippen molar-refractivity contribution in [3.63, 3.8) is 0 Å². The van der Waals surface area contributed by atoms with E-state index < -0.39 is 158 Å². The van der Waals surface area contributed by atoms with Crippen molar-refractivity contribution >= 4 is 83.2 Å². The first-order valence-corrected chi connectivity index (χ1v) is 23.8. The molecule has 0 aliphatic carbocycles. The zero-order chi connectivity index (χ0) is 53.4. The van der Waals surface area contributed by atoms with E-state index in [4.69, 9.17) is 165 Å². The molecule has 0 aromatic carbocycles. The normalized spacial score (nSPS) is 25.6. The first kappa shape index (κ1) is 80.3. The van der Waals surface area contributed by atoms with Gasteiger partial charge in [-0.3, -0.25) is 72.8 Å². The molecule has 0 unspecified atom stereocenters. The number of rotatable bonds is 5. The number of aliphatic hydroxyl groups excluding tert-OH is 8. The molecule has 0 amide bonds. The van der Waals surface area contributed by atoms with Gasteiger partial charge in [-0.1, -0.05) is 0 Å². The maximum atomic E-state index is 10.00. The standard InChI is InChI=1S/C12H22O11.Ag.8H2O4S/c13-1-4-6(16)8(18)9(19)11(21-4)23-12(3-15)10(20)7(17)5(2-14)22-12;;8*1-5(2,3)4/h4-11,13-20H,1-3H2;;8*(H2,1,2,3,4)/t4-,5-,6-,7-,8+,9-,10+,11-,12+;;;;;;;;;/m1........./s1. The second kappa shape index (κ2) is 33.7. The quantitative estimate of drug-likeness (QED) is 0.0898. The minimum absolute atomic E-state index is 0. The first-order chi connectivity index (χ1) is 26.8. The summed E-state index contributed by atoms with van der Waals surface area (Å²) in [5, 5.41) is 76.7. The second-order valence-electron chi connectivity index (χ2n) is 9.14. The van der Waals surface area contributed by atoms with Gasteiger partial charge in [0.2, 0.25) is 5.79 Å². The maximum absolute atomic E-state index is 10.00. The van der Waals surface area contributed by atoms with Crippen molar-refractivity contribution in [2.45, 2.75) is 54.8 Å². The zero-order valence-corrected chi connectivity index (χ0v) is 37.3. The fraction of sp³-hybridized carbons (Fsp3) is 1.00. The molecule has 1 radical (unpaired) electrons. The van der Waals surface area contributed by atoms with E-state index in [-0.39, 0.29) is 22.4 Å². The fourth-order valence-corrected chi connectivity index (χ4v) is 2.63. The predicted octanol–water partition coefficient (Wildman–Crippen LogP) is -10.6. The molecule has 2 rings (SSSR count). The Labute approximate surface area is 373 Å². The summed E-state index contributed by atoms with van der Waals surface area (Å²) in [6, 6.07) is 0. The van der Waals surface area contributed by atoms with Crippen molar-refractivity contribution in [2.75, 3.05) is 19.8 Å². The molecule has 0 saturated carbocycles. The minimum Gasteiger partial charge on any atom is -0.394 e. The summed E-state index contributed by atoms with van der Waals surface area (Å²) in [7, 11) is -37.3. The van der Waals surface area contributed by atoms with Gasteiger partial charge in [0.05, 0.1) is 13.2 Å². The summed E-state index contributed by atoms with van der Waals surface area (Å²) >= 11 is 0. The van der Waals surface area contributed by atoms with E-state index in [1.54, 1.807) is 0 Å². The van der Waals surface area contributed by atoms with Crippen LogP contribution in [0.2, 0.25) is 0 Å². The molecule has 9 atom stereocenters. The number of hydrogen-bond donors (Lipinski definition) is 24. The molecule has 52 heteroatoms. The zero-order valence-electron chi connectivity index (χ0n) is 29.3. The van der Waals surface area contributed by atoms with Gasteiger partial charge >= 0.3 is 83.2 Å². The topological polar surface area (TPSA) is 786 Å². The Balaban J connectivity index is -0.000000105. The van der Waals surface area contributed by atoms with Crippen molar-refractivity contribution in [1.29, 1.82) is 0 Å². The van der Waals surface area contributed by atoms with E-state index >= 15 is 0 Å². The van der Waals surface area contributed by atoms with Crippen LogP contribution < -0.4 is 0 Å². The smallest absolute Gasteiger partial charge is 0.394 e. The van der Waals surface area contributed by atoms with Gasteiger partial charge in [-0.2, -0.15) is 67.3 Å². The Morgan fingerprint density at radius 1 is 0.375 bits per heavy atom. The third kappa shape index (κ3) is 88.1. The molecule has 2 fully saturated rings. The molecular weight excluding hydrogens is 1200 g/mol. The molecule has 403 valence electrons. The Bertz CT molecular complexity index is 1720. The molecule has 64 heavy (non-hydrogen) atoms.